The molecule has 2 aliphatic heterocycles. The van der Waals surface area contributed by atoms with Crippen molar-refractivity contribution >= 4 is 33.4 Å². The molecule has 0 aromatic carbocycles. The van der Waals surface area contributed by atoms with E-state index in [1.54, 1.807) is 0 Å². The molecule has 1 radical (unpaired) electrons. The molecule has 3 heteroatoms. The van der Waals surface area contributed by atoms with Crippen LogP contribution in [0.25, 0.3) is 0 Å². The van der Waals surface area contributed by atoms with Crippen molar-refractivity contribution in [3.8, 4) is 0 Å². The van der Waals surface area contributed by atoms with Crippen molar-refractivity contribution in [1.29, 1.82) is 0 Å². The molecule has 0 aliphatic carbocycles. The Hall–Kier alpha value is -0.313. The maximum atomic E-state index is 2.12. The minimum atomic E-state index is 0. The largest absolute Gasteiger partial charge is 0.173 e. The van der Waals surface area contributed by atoms with Gasteiger partial charge in [0, 0.05) is 18.9 Å². The Morgan fingerprint density at radius 3 is 0.909 bits per heavy atom. The van der Waals surface area contributed by atoms with Gasteiger partial charge < -0.3 is 0 Å². The van der Waals surface area contributed by atoms with Crippen LogP contribution < -0.4 is 0 Å². The number of hydrogen-bond acceptors (Lipinski definition) is 0. The Kier molecular flexibility index (Phi) is 7.57. The Bertz CT molecular complexity index is 150. The molecule has 0 unspecified atom stereocenters. The van der Waals surface area contributed by atoms with Crippen LogP contribution >= 0.6 is 0 Å². The summed E-state index contributed by atoms with van der Waals surface area (Å²) in [5, 5.41) is 0. The fourth-order valence-electron chi connectivity index (χ4n) is 0.786. The molecule has 2 rings (SSSR count). The van der Waals surface area contributed by atoms with E-state index in [2.05, 4.69) is 48.2 Å². The molecular weight excluding hydrogens is 125 g/mol. The fraction of sp³-hybridized carbons (Fsp3) is 0. The summed E-state index contributed by atoms with van der Waals surface area (Å²) >= 11 is 0. The quantitative estimate of drug-likeness (QED) is 0.425. The molecule has 0 nitrogen and oxygen atoms in total. The Labute approximate surface area is 81.8 Å². The third-order valence-electron chi connectivity index (χ3n) is 1.31. The molecule has 0 bridgehead atoms. The first kappa shape index (κ1) is 10.7. The minimum absolute atomic E-state index is 0. The van der Waals surface area contributed by atoms with E-state index in [9.17, 15) is 0 Å². The van der Waals surface area contributed by atoms with Crippen LogP contribution in [0.3, 0.4) is 0 Å². The van der Waals surface area contributed by atoms with Gasteiger partial charge in [-0.2, -0.15) is 0 Å². The Morgan fingerprint density at radius 1 is 0.545 bits per heavy atom. The molecule has 0 fully saturated rings. The second kappa shape index (κ2) is 7.79. The van der Waals surface area contributed by atoms with Crippen LogP contribution in [0.1, 0.15) is 0 Å². The van der Waals surface area contributed by atoms with E-state index in [-0.39, 0.29) is 18.9 Å². The third-order valence-corrected chi connectivity index (χ3v) is 1.31. The molecule has 2 heterocycles. The molecule has 49 valence electrons. The summed E-state index contributed by atoms with van der Waals surface area (Å²) in [4.78, 5) is 0. The van der Waals surface area contributed by atoms with E-state index in [0.717, 1.165) is 14.6 Å². The molecule has 0 aromatic heterocycles. The molecule has 0 saturated carbocycles. The van der Waals surface area contributed by atoms with Gasteiger partial charge >= 0.3 is 0 Å². The summed E-state index contributed by atoms with van der Waals surface area (Å²) in [6, 6.07) is 0. The number of hydrogen-bond donors (Lipinski definition) is 0. The average Bonchev–Trinajstić information content (AvgIpc) is 2.67. The third kappa shape index (κ3) is 6.10. The van der Waals surface area contributed by atoms with Crippen molar-refractivity contribution in [2.24, 2.45) is 0 Å². The van der Waals surface area contributed by atoms with Gasteiger partial charge in [-0.3, -0.25) is 0 Å². The van der Waals surface area contributed by atoms with E-state index in [1.807, 2.05) is 0 Å². The zero-order valence-electron chi connectivity index (χ0n) is 7.03. The molecule has 11 heavy (non-hydrogen) atoms. The number of allylic oxidation sites excluding steroid dienone is 4. The summed E-state index contributed by atoms with van der Waals surface area (Å²) in [6.45, 7) is 0. The first-order valence-electron chi connectivity index (χ1n) is 3.63. The van der Waals surface area contributed by atoms with Crippen molar-refractivity contribution in [2.45, 2.75) is 0 Å². The van der Waals surface area contributed by atoms with Crippen LogP contribution in [-0.4, -0.2) is 33.4 Å². The predicted octanol–water partition coefficient (Wildman–Crippen LogP) is 0.547. The number of rotatable bonds is 0. The van der Waals surface area contributed by atoms with Crippen LogP contribution in [0.2, 0.25) is 0 Å². The van der Waals surface area contributed by atoms with Gasteiger partial charge in [-0.25, -0.2) is 0 Å². The van der Waals surface area contributed by atoms with Gasteiger partial charge in [0.25, 0.3) is 0 Å². The Balaban J connectivity index is 0.000000167. The molecule has 0 spiro atoms. The van der Waals surface area contributed by atoms with Crippen molar-refractivity contribution in [3.05, 3.63) is 48.2 Å². The van der Waals surface area contributed by atoms with Gasteiger partial charge in [-0.05, 0) is 0 Å². The summed E-state index contributed by atoms with van der Waals surface area (Å²) in [5.74, 6) is 8.50. The van der Waals surface area contributed by atoms with Gasteiger partial charge in [-0.15, -0.1) is 23.9 Å². The van der Waals surface area contributed by atoms with Crippen LogP contribution in [0.15, 0.2) is 48.2 Å². The van der Waals surface area contributed by atoms with Gasteiger partial charge in [0.05, 0.1) is 0 Å². The van der Waals surface area contributed by atoms with E-state index in [4.69, 9.17) is 0 Å². The zero-order valence-corrected chi connectivity index (χ0v) is 7.03. The van der Waals surface area contributed by atoms with Crippen LogP contribution in [-0.2, 0) is 0 Å². The molecule has 0 aromatic rings. The minimum Gasteiger partial charge on any atom is -0.114 e. The SMILES string of the molecule is B1C=CC=C1.B1C=CC=C1.[Li]. The van der Waals surface area contributed by atoms with E-state index < -0.39 is 0 Å². The summed E-state index contributed by atoms with van der Waals surface area (Å²) in [6.07, 6.45) is 8.22. The predicted molar refractivity (Wildman–Crippen MR) is 56.6 cm³/mol. The normalized spacial score (nSPS) is 14.5. The standard InChI is InChI=1S/2C4H5B.Li/c2*1-2-4-5-3-1;/h2*1-5H;. The maximum Gasteiger partial charge on any atom is 0.173 e. The molecule has 0 N–H and O–H groups in total. The first-order valence-corrected chi connectivity index (χ1v) is 3.63. The van der Waals surface area contributed by atoms with Gasteiger partial charge in [0.15, 0.2) is 14.6 Å². The van der Waals surface area contributed by atoms with Crippen LogP contribution in [0.4, 0.5) is 0 Å². The fourth-order valence-corrected chi connectivity index (χ4v) is 0.786. The van der Waals surface area contributed by atoms with Crippen LogP contribution in [0, 0.1) is 0 Å². The summed E-state index contributed by atoms with van der Waals surface area (Å²) < 4.78 is 0. The smallest absolute Gasteiger partial charge is 0.114 e. The molecular formula is C8H10B2Li. The average molecular weight is 135 g/mol. The second-order valence-electron chi connectivity index (χ2n) is 2.18. The summed E-state index contributed by atoms with van der Waals surface area (Å²) in [5.41, 5.74) is 0. The van der Waals surface area contributed by atoms with E-state index >= 15 is 0 Å². The van der Waals surface area contributed by atoms with Crippen molar-refractivity contribution < 1.29 is 0 Å². The van der Waals surface area contributed by atoms with Crippen molar-refractivity contribution in [1.82, 2.24) is 0 Å². The van der Waals surface area contributed by atoms with Gasteiger partial charge in [-0.1, -0.05) is 24.3 Å². The van der Waals surface area contributed by atoms with E-state index in [1.165, 1.54) is 0 Å². The molecule has 0 saturated heterocycles. The first-order chi connectivity index (χ1) is 5.00. The second-order valence-corrected chi connectivity index (χ2v) is 2.18. The molecule has 2 aliphatic rings. The van der Waals surface area contributed by atoms with Gasteiger partial charge in [0.1, 0.15) is 0 Å². The zero-order chi connectivity index (χ0) is 7.07. The van der Waals surface area contributed by atoms with Crippen molar-refractivity contribution in [3.63, 3.8) is 0 Å². The summed E-state index contributed by atoms with van der Waals surface area (Å²) in [7, 11) is 2.28. The molecule has 0 atom stereocenters. The van der Waals surface area contributed by atoms with Crippen LogP contribution in [0.5, 0.6) is 0 Å². The Morgan fingerprint density at radius 2 is 0.818 bits per heavy atom. The van der Waals surface area contributed by atoms with E-state index in [0.29, 0.717) is 0 Å². The maximum absolute atomic E-state index is 2.12. The van der Waals surface area contributed by atoms with Crippen molar-refractivity contribution in [2.75, 3.05) is 0 Å². The topological polar surface area (TPSA) is 0 Å². The van der Waals surface area contributed by atoms with Gasteiger partial charge in [0.2, 0.25) is 0 Å². The molecule has 0 amide bonds. The monoisotopic (exact) mass is 135 g/mol.